The Balaban J connectivity index is 1.27. The zero-order valence-electron chi connectivity index (χ0n) is 17.6. The molecule has 0 spiro atoms. The van der Waals surface area contributed by atoms with Crippen molar-refractivity contribution < 1.29 is 14.3 Å². The molecule has 32 heavy (non-hydrogen) atoms. The average molecular weight is 429 g/mol. The van der Waals surface area contributed by atoms with E-state index in [2.05, 4.69) is 51.4 Å². The van der Waals surface area contributed by atoms with Gasteiger partial charge >= 0.3 is 5.97 Å². The molecule has 0 atom stereocenters. The fourth-order valence-corrected chi connectivity index (χ4v) is 4.73. The predicted molar refractivity (Wildman–Crippen MR) is 122 cm³/mol. The summed E-state index contributed by atoms with van der Waals surface area (Å²) in [5.74, 6) is 0.430. The van der Waals surface area contributed by atoms with Crippen LogP contribution < -0.4 is 0 Å². The van der Waals surface area contributed by atoms with E-state index in [-0.39, 0.29) is 5.82 Å². The third-order valence-corrected chi connectivity index (χ3v) is 6.49. The molecule has 0 aliphatic heterocycles. The van der Waals surface area contributed by atoms with Crippen LogP contribution in [0.25, 0.3) is 33.7 Å². The van der Waals surface area contributed by atoms with Gasteiger partial charge in [0.15, 0.2) is 5.65 Å². The van der Waals surface area contributed by atoms with Gasteiger partial charge in [0.2, 0.25) is 0 Å². The summed E-state index contributed by atoms with van der Waals surface area (Å²) in [5.41, 5.74) is 5.59. The first-order chi connectivity index (χ1) is 15.5. The number of rotatable bonds is 5. The molecule has 2 heterocycles. The van der Waals surface area contributed by atoms with Gasteiger partial charge in [-0.05, 0) is 54.2 Å². The molecule has 2 aromatic heterocycles. The number of imidazole rings is 1. The summed E-state index contributed by atoms with van der Waals surface area (Å²) in [6.07, 6.45) is 5.56. The molecule has 1 aliphatic carbocycles. The summed E-state index contributed by atoms with van der Waals surface area (Å²) in [7, 11) is 0. The quantitative estimate of drug-likeness (QED) is 0.397. The van der Waals surface area contributed by atoms with Gasteiger partial charge in [0.25, 0.3) is 0 Å². The molecule has 0 bridgehead atoms. The molecular formula is C26H24FN3O2. The van der Waals surface area contributed by atoms with Crippen LogP contribution in [0.5, 0.6) is 0 Å². The van der Waals surface area contributed by atoms with Crippen molar-refractivity contribution in [3.8, 4) is 22.5 Å². The summed E-state index contributed by atoms with van der Waals surface area (Å²) in [6, 6.07) is 18.2. The molecule has 4 aromatic rings. The van der Waals surface area contributed by atoms with Gasteiger partial charge in [0.1, 0.15) is 11.6 Å². The number of carbonyl (C=O) groups is 1. The Morgan fingerprint density at radius 2 is 1.59 bits per heavy atom. The minimum atomic E-state index is -0.685. The second-order valence-corrected chi connectivity index (χ2v) is 8.62. The standard InChI is InChI=1S/C26H24FN3O2/c27-22-14-23-26(28-15-22)30-25(29-23)21-11-9-20(10-12-21)19-7-5-18(6-8-19)17-3-1-16(2-4-17)13-24(31)32/h5-12,14-17H,1-4,13H2,(H,31,32)(H,28,29,30). The molecule has 0 amide bonds. The summed E-state index contributed by atoms with van der Waals surface area (Å²) in [5, 5.41) is 8.99. The van der Waals surface area contributed by atoms with Crippen LogP contribution in [0, 0.1) is 11.7 Å². The molecule has 2 aromatic carbocycles. The number of halogens is 1. The Morgan fingerprint density at radius 3 is 2.25 bits per heavy atom. The van der Waals surface area contributed by atoms with E-state index in [1.54, 1.807) is 0 Å². The Hall–Kier alpha value is -3.54. The second-order valence-electron chi connectivity index (χ2n) is 8.62. The van der Waals surface area contributed by atoms with Gasteiger partial charge in [-0.15, -0.1) is 0 Å². The lowest BCUT2D eigenvalue weighted by molar-refractivity contribution is -0.138. The highest BCUT2D eigenvalue weighted by Gasteiger charge is 2.23. The lowest BCUT2D eigenvalue weighted by Gasteiger charge is -2.28. The number of aliphatic carboxylic acids is 1. The Morgan fingerprint density at radius 1 is 0.969 bits per heavy atom. The van der Waals surface area contributed by atoms with Gasteiger partial charge in [0.05, 0.1) is 11.7 Å². The largest absolute Gasteiger partial charge is 0.481 e. The van der Waals surface area contributed by atoms with Crippen molar-refractivity contribution in [1.82, 2.24) is 15.0 Å². The number of carboxylic acid groups (broad SMARTS) is 1. The van der Waals surface area contributed by atoms with E-state index in [1.165, 1.54) is 17.8 Å². The van der Waals surface area contributed by atoms with Crippen LogP contribution in [0.4, 0.5) is 4.39 Å². The first-order valence-corrected chi connectivity index (χ1v) is 11.0. The summed E-state index contributed by atoms with van der Waals surface area (Å²) in [4.78, 5) is 22.5. The van der Waals surface area contributed by atoms with Crippen molar-refractivity contribution in [2.75, 3.05) is 0 Å². The van der Waals surface area contributed by atoms with E-state index >= 15 is 0 Å². The van der Waals surface area contributed by atoms with E-state index in [9.17, 15) is 9.18 Å². The Kier molecular flexibility index (Phi) is 5.43. The maximum absolute atomic E-state index is 13.4. The van der Waals surface area contributed by atoms with E-state index in [1.807, 2.05) is 12.1 Å². The van der Waals surface area contributed by atoms with Gasteiger partial charge in [0, 0.05) is 18.1 Å². The molecule has 162 valence electrons. The SMILES string of the molecule is O=C(O)CC1CCC(c2ccc(-c3ccc(-c4nc5ncc(F)cc5[nH]4)cc3)cc2)CC1. The predicted octanol–water partition coefficient (Wildman–Crippen LogP) is 6.18. The Labute approximate surface area is 185 Å². The van der Waals surface area contributed by atoms with Crippen LogP contribution in [0.15, 0.2) is 60.8 Å². The number of benzene rings is 2. The molecule has 1 aliphatic rings. The van der Waals surface area contributed by atoms with E-state index in [0.29, 0.717) is 35.2 Å². The number of fused-ring (bicyclic) bond motifs is 1. The van der Waals surface area contributed by atoms with E-state index < -0.39 is 5.97 Å². The number of aromatic nitrogens is 3. The second kappa shape index (κ2) is 8.54. The van der Waals surface area contributed by atoms with Gasteiger partial charge < -0.3 is 10.1 Å². The third-order valence-electron chi connectivity index (χ3n) is 6.49. The Bertz CT molecular complexity index is 1240. The van der Waals surface area contributed by atoms with E-state index in [0.717, 1.165) is 42.4 Å². The first kappa shape index (κ1) is 20.4. The normalized spacial score (nSPS) is 18.7. The summed E-state index contributed by atoms with van der Waals surface area (Å²) < 4.78 is 13.4. The van der Waals surface area contributed by atoms with Crippen LogP contribution in [-0.4, -0.2) is 26.0 Å². The van der Waals surface area contributed by atoms with Crippen LogP contribution in [0.2, 0.25) is 0 Å². The van der Waals surface area contributed by atoms with Gasteiger partial charge in [-0.3, -0.25) is 4.79 Å². The fraction of sp³-hybridized carbons (Fsp3) is 0.269. The number of pyridine rings is 1. The van der Waals surface area contributed by atoms with Crippen molar-refractivity contribution in [2.24, 2.45) is 5.92 Å². The van der Waals surface area contributed by atoms with Gasteiger partial charge in [-0.2, -0.15) is 0 Å². The molecule has 0 unspecified atom stereocenters. The molecule has 0 saturated heterocycles. The number of hydrogen-bond acceptors (Lipinski definition) is 3. The van der Waals surface area contributed by atoms with Crippen molar-refractivity contribution >= 4 is 17.1 Å². The summed E-state index contributed by atoms with van der Waals surface area (Å²) >= 11 is 0. The highest BCUT2D eigenvalue weighted by molar-refractivity contribution is 5.76. The molecule has 0 radical (unpaired) electrons. The van der Waals surface area contributed by atoms with E-state index in [4.69, 9.17) is 5.11 Å². The maximum Gasteiger partial charge on any atom is 0.303 e. The molecule has 5 nitrogen and oxygen atoms in total. The van der Waals surface area contributed by atoms with Crippen molar-refractivity contribution in [3.05, 3.63) is 72.2 Å². The van der Waals surface area contributed by atoms with Crippen LogP contribution >= 0.6 is 0 Å². The number of nitrogens with one attached hydrogen (secondary N) is 1. The number of carboxylic acids is 1. The van der Waals surface area contributed by atoms with Crippen molar-refractivity contribution in [3.63, 3.8) is 0 Å². The highest BCUT2D eigenvalue weighted by Crippen LogP contribution is 2.37. The maximum atomic E-state index is 13.4. The lowest BCUT2D eigenvalue weighted by Crippen LogP contribution is -2.16. The third kappa shape index (κ3) is 4.26. The monoisotopic (exact) mass is 429 g/mol. The number of hydrogen-bond donors (Lipinski definition) is 2. The minimum Gasteiger partial charge on any atom is -0.481 e. The molecule has 1 fully saturated rings. The zero-order valence-corrected chi connectivity index (χ0v) is 17.6. The fourth-order valence-electron chi connectivity index (χ4n) is 4.73. The van der Waals surface area contributed by atoms with Crippen LogP contribution in [0.1, 0.15) is 43.6 Å². The number of nitrogens with zero attached hydrogens (tertiary/aromatic N) is 2. The van der Waals surface area contributed by atoms with Crippen molar-refractivity contribution in [2.45, 2.75) is 38.0 Å². The molecular weight excluding hydrogens is 405 g/mol. The lowest BCUT2D eigenvalue weighted by atomic mass is 9.77. The first-order valence-electron chi connectivity index (χ1n) is 11.0. The van der Waals surface area contributed by atoms with Gasteiger partial charge in [-0.1, -0.05) is 48.5 Å². The van der Waals surface area contributed by atoms with Gasteiger partial charge in [-0.25, -0.2) is 14.4 Å². The summed E-state index contributed by atoms with van der Waals surface area (Å²) in [6.45, 7) is 0. The highest BCUT2D eigenvalue weighted by atomic mass is 19.1. The molecule has 1 saturated carbocycles. The smallest absolute Gasteiger partial charge is 0.303 e. The molecule has 2 N–H and O–H groups in total. The molecule has 6 heteroatoms. The zero-order chi connectivity index (χ0) is 22.1. The molecule has 5 rings (SSSR count). The minimum absolute atomic E-state index is 0.295. The average Bonchev–Trinajstić information content (AvgIpc) is 3.23. The number of H-pyrrole nitrogens is 1. The van der Waals surface area contributed by atoms with Crippen LogP contribution in [-0.2, 0) is 4.79 Å². The van der Waals surface area contributed by atoms with Crippen LogP contribution in [0.3, 0.4) is 0 Å². The van der Waals surface area contributed by atoms with Crippen molar-refractivity contribution in [1.29, 1.82) is 0 Å². The topological polar surface area (TPSA) is 78.9 Å². The number of aromatic amines is 1.